The molecule has 0 saturated carbocycles. The van der Waals surface area contributed by atoms with E-state index in [1.807, 2.05) is 27.7 Å². The molecule has 0 bridgehead atoms. The molecule has 0 aliphatic carbocycles. The summed E-state index contributed by atoms with van der Waals surface area (Å²) in [5.41, 5.74) is 0. The summed E-state index contributed by atoms with van der Waals surface area (Å²) in [5.74, 6) is -4.36. The van der Waals surface area contributed by atoms with E-state index in [4.69, 9.17) is 9.47 Å². The number of hydrogen-bond donors (Lipinski definition) is 1. The molecule has 0 rings (SSSR count). The monoisotopic (exact) mass is 468 g/mol. The molecule has 0 heterocycles. The number of allylic oxidation sites excluding steroid dienone is 2. The van der Waals surface area contributed by atoms with Crippen LogP contribution in [0.4, 0.5) is 0 Å². The molecule has 5 heteroatoms. The Morgan fingerprint density at radius 3 is 1.58 bits per heavy atom. The topological polar surface area (TPSA) is 72.8 Å². The number of hydrogen-bond acceptors (Lipinski definition) is 4. The van der Waals surface area contributed by atoms with E-state index in [0.29, 0.717) is 6.42 Å². The summed E-state index contributed by atoms with van der Waals surface area (Å²) in [6.45, 7) is 10.9. The average Bonchev–Trinajstić information content (AvgIpc) is 2.69. The lowest BCUT2D eigenvalue weighted by Gasteiger charge is -2.40. The maximum absolute atomic E-state index is 12.2. The van der Waals surface area contributed by atoms with Gasteiger partial charge in [-0.2, -0.15) is 0 Å². The smallest absolute Gasteiger partial charge is 0.319 e. The van der Waals surface area contributed by atoms with E-state index in [1.165, 1.54) is 58.3 Å². The Bertz CT molecular complexity index is 514. The van der Waals surface area contributed by atoms with Crippen LogP contribution in [0.25, 0.3) is 0 Å². The van der Waals surface area contributed by atoms with Crippen LogP contribution in [0.2, 0.25) is 0 Å². The first-order chi connectivity index (χ1) is 15.7. The van der Waals surface area contributed by atoms with E-state index in [1.54, 1.807) is 0 Å². The molecular weight excluding hydrogens is 416 g/mol. The number of unbranched alkanes of at least 4 members (excludes halogenated alkanes) is 11. The zero-order valence-corrected chi connectivity index (χ0v) is 22.4. The zero-order valence-electron chi connectivity index (χ0n) is 22.4. The first kappa shape index (κ1) is 31.8. The van der Waals surface area contributed by atoms with Gasteiger partial charge in [-0.1, -0.05) is 70.4 Å². The molecule has 0 fully saturated rings. The summed E-state index contributed by atoms with van der Waals surface area (Å²) >= 11 is 0. The third-order valence-corrected chi connectivity index (χ3v) is 5.75. The summed E-state index contributed by atoms with van der Waals surface area (Å²) in [7, 11) is 0. The highest BCUT2D eigenvalue weighted by Gasteiger charge is 2.49. The number of ether oxygens (including phenoxy) is 2. The standard InChI is InChI=1S/C28H52O5/c1-7-8-9-10-11-12-13-14-15-16-17-18-19-20-21-22-28(32-23(2)3,33-24(4)5)26(25(6)29)27(30)31/h14-15,23-24,26H,7-13,16-22H2,1-6H3,(H,30,31). The van der Waals surface area contributed by atoms with Crippen molar-refractivity contribution in [1.82, 2.24) is 0 Å². The van der Waals surface area contributed by atoms with Gasteiger partial charge in [0.05, 0.1) is 12.2 Å². The number of Topliss-reactive ketones (excluding diaryl/α,β-unsaturated/α-hetero) is 1. The Hall–Kier alpha value is -1.20. The van der Waals surface area contributed by atoms with Gasteiger partial charge in [0.15, 0.2) is 11.7 Å². The normalized spacial score (nSPS) is 13.3. The van der Waals surface area contributed by atoms with Crippen molar-refractivity contribution < 1.29 is 24.2 Å². The Morgan fingerprint density at radius 1 is 0.758 bits per heavy atom. The number of carboxylic acids is 1. The largest absolute Gasteiger partial charge is 0.481 e. The predicted molar refractivity (Wildman–Crippen MR) is 136 cm³/mol. The summed E-state index contributed by atoms with van der Waals surface area (Å²) in [6, 6.07) is 0. The van der Waals surface area contributed by atoms with Crippen LogP contribution in [-0.2, 0) is 19.1 Å². The van der Waals surface area contributed by atoms with Crippen molar-refractivity contribution in [2.45, 2.75) is 149 Å². The van der Waals surface area contributed by atoms with E-state index in [0.717, 1.165) is 32.1 Å². The van der Waals surface area contributed by atoms with Crippen LogP contribution in [0.15, 0.2) is 12.2 Å². The predicted octanol–water partition coefficient (Wildman–Crippen LogP) is 7.86. The molecule has 0 radical (unpaired) electrons. The molecule has 0 amide bonds. The molecule has 194 valence electrons. The minimum Gasteiger partial charge on any atom is -0.481 e. The molecule has 0 spiro atoms. The maximum Gasteiger partial charge on any atom is 0.319 e. The molecular formula is C28H52O5. The van der Waals surface area contributed by atoms with Gasteiger partial charge in [0.2, 0.25) is 0 Å². The average molecular weight is 469 g/mol. The highest BCUT2D eigenvalue weighted by molar-refractivity contribution is 5.98. The minimum atomic E-state index is -1.42. The van der Waals surface area contributed by atoms with Gasteiger partial charge >= 0.3 is 5.97 Å². The second-order valence-electron chi connectivity index (χ2n) is 9.86. The van der Waals surface area contributed by atoms with Crippen molar-refractivity contribution in [2.24, 2.45) is 5.92 Å². The summed E-state index contributed by atoms with van der Waals surface area (Å²) < 4.78 is 12.0. The lowest BCUT2D eigenvalue weighted by molar-refractivity contribution is -0.291. The molecule has 1 N–H and O–H groups in total. The first-order valence-electron chi connectivity index (χ1n) is 13.4. The first-order valence-corrected chi connectivity index (χ1v) is 13.4. The number of carboxylic acid groups (broad SMARTS) is 1. The Balaban J connectivity index is 4.40. The minimum absolute atomic E-state index is 0.243. The van der Waals surface area contributed by atoms with Crippen LogP contribution in [0.5, 0.6) is 0 Å². The van der Waals surface area contributed by atoms with E-state index in [2.05, 4.69) is 19.1 Å². The molecule has 0 aromatic carbocycles. The van der Waals surface area contributed by atoms with Crippen LogP contribution in [0.1, 0.15) is 131 Å². The SMILES string of the molecule is CCCCCCCCC=CCCCCCCCC(OC(C)C)(OC(C)C)C(C(C)=O)C(=O)O. The van der Waals surface area contributed by atoms with Gasteiger partial charge in [-0.25, -0.2) is 0 Å². The highest BCUT2D eigenvalue weighted by atomic mass is 16.7. The van der Waals surface area contributed by atoms with Gasteiger partial charge in [0.25, 0.3) is 0 Å². The third-order valence-electron chi connectivity index (χ3n) is 5.75. The van der Waals surface area contributed by atoms with Crippen LogP contribution < -0.4 is 0 Å². The molecule has 0 aliphatic heterocycles. The second kappa shape index (κ2) is 19.1. The Morgan fingerprint density at radius 2 is 1.18 bits per heavy atom. The number of carbonyl (C=O) groups is 2. The molecule has 1 atom stereocenters. The van der Waals surface area contributed by atoms with Crippen molar-refractivity contribution >= 4 is 11.8 Å². The number of rotatable bonds is 22. The Kier molecular flexibility index (Phi) is 18.4. The highest BCUT2D eigenvalue weighted by Crippen LogP contribution is 2.34. The van der Waals surface area contributed by atoms with Gasteiger partial charge in [0, 0.05) is 6.42 Å². The van der Waals surface area contributed by atoms with Gasteiger partial charge in [0.1, 0.15) is 5.78 Å². The van der Waals surface area contributed by atoms with Gasteiger partial charge < -0.3 is 14.6 Å². The van der Waals surface area contributed by atoms with Crippen molar-refractivity contribution in [3.63, 3.8) is 0 Å². The van der Waals surface area contributed by atoms with Crippen molar-refractivity contribution in [3.05, 3.63) is 12.2 Å². The maximum atomic E-state index is 12.2. The lowest BCUT2D eigenvalue weighted by Crippen LogP contribution is -2.52. The quantitative estimate of drug-likeness (QED) is 0.0757. The van der Waals surface area contributed by atoms with Crippen LogP contribution >= 0.6 is 0 Å². The number of aliphatic carboxylic acids is 1. The van der Waals surface area contributed by atoms with Gasteiger partial charge in [-0.15, -0.1) is 0 Å². The van der Waals surface area contributed by atoms with Crippen LogP contribution in [0.3, 0.4) is 0 Å². The van der Waals surface area contributed by atoms with Crippen LogP contribution in [0, 0.1) is 5.92 Å². The summed E-state index contributed by atoms with van der Waals surface area (Å²) in [4.78, 5) is 24.1. The van der Waals surface area contributed by atoms with Crippen LogP contribution in [-0.4, -0.2) is 34.9 Å². The van der Waals surface area contributed by atoms with E-state index >= 15 is 0 Å². The van der Waals surface area contributed by atoms with Crippen molar-refractivity contribution in [2.75, 3.05) is 0 Å². The van der Waals surface area contributed by atoms with E-state index in [-0.39, 0.29) is 12.2 Å². The molecule has 33 heavy (non-hydrogen) atoms. The van der Waals surface area contributed by atoms with Crippen molar-refractivity contribution in [3.8, 4) is 0 Å². The lowest BCUT2D eigenvalue weighted by atomic mass is 9.89. The summed E-state index contributed by atoms with van der Waals surface area (Å²) in [5, 5.41) is 9.74. The molecule has 0 aromatic rings. The number of ketones is 1. The van der Waals surface area contributed by atoms with E-state index in [9.17, 15) is 14.7 Å². The molecule has 0 saturated heterocycles. The fourth-order valence-electron chi connectivity index (χ4n) is 4.34. The molecule has 5 nitrogen and oxygen atoms in total. The fraction of sp³-hybridized carbons (Fsp3) is 0.857. The molecule has 0 aliphatic rings. The molecule has 0 aromatic heterocycles. The fourth-order valence-corrected chi connectivity index (χ4v) is 4.34. The summed E-state index contributed by atoms with van der Waals surface area (Å²) in [6.07, 6.45) is 20.1. The van der Waals surface area contributed by atoms with Gasteiger partial charge in [-0.05, 0) is 66.7 Å². The Labute approximate surface area is 203 Å². The second-order valence-corrected chi connectivity index (χ2v) is 9.86. The zero-order chi connectivity index (χ0) is 25.1. The number of carbonyl (C=O) groups excluding carboxylic acids is 1. The van der Waals surface area contributed by atoms with Crippen molar-refractivity contribution in [1.29, 1.82) is 0 Å². The van der Waals surface area contributed by atoms with E-state index < -0.39 is 23.5 Å². The van der Waals surface area contributed by atoms with Gasteiger partial charge in [-0.3, -0.25) is 9.59 Å². The molecule has 1 unspecified atom stereocenters. The third kappa shape index (κ3) is 15.3.